The van der Waals surface area contributed by atoms with Gasteiger partial charge < -0.3 is 5.32 Å². The first-order valence-electron chi connectivity index (χ1n) is 8.74. The van der Waals surface area contributed by atoms with E-state index >= 15 is 0 Å². The summed E-state index contributed by atoms with van der Waals surface area (Å²) < 4.78 is 0. The summed E-state index contributed by atoms with van der Waals surface area (Å²) in [5.41, 5.74) is 5.26. The van der Waals surface area contributed by atoms with E-state index in [4.69, 9.17) is 0 Å². The Labute approximate surface area is 156 Å². The Morgan fingerprint density at radius 3 is 2.59 bits per heavy atom. The van der Waals surface area contributed by atoms with Gasteiger partial charge in [0.25, 0.3) is 0 Å². The van der Waals surface area contributed by atoms with Crippen molar-refractivity contribution in [3.05, 3.63) is 47.9 Å². The standard InChI is InChI=1S/C19H20N8/c1-11(2)13-8-18(24-21-10-13)23-17-6-5-15-16(22-17)7-14(9-20-15)19-12(3)25-27(4)26-19/h5-11H,1-4H3,(H,22,23,24). The number of aromatic nitrogens is 7. The van der Waals surface area contributed by atoms with E-state index in [0.717, 1.165) is 33.5 Å². The van der Waals surface area contributed by atoms with Crippen molar-refractivity contribution in [2.24, 2.45) is 7.05 Å². The molecule has 1 N–H and O–H groups in total. The average Bonchev–Trinajstić information content (AvgIpc) is 2.99. The third-order valence-corrected chi connectivity index (χ3v) is 4.29. The lowest BCUT2D eigenvalue weighted by Crippen LogP contribution is -2.00. The van der Waals surface area contributed by atoms with Gasteiger partial charge >= 0.3 is 0 Å². The summed E-state index contributed by atoms with van der Waals surface area (Å²) in [5, 5.41) is 20.1. The lowest BCUT2D eigenvalue weighted by atomic mass is 10.1. The highest BCUT2D eigenvalue weighted by molar-refractivity contribution is 5.81. The Hall–Kier alpha value is -3.42. The number of hydrogen-bond acceptors (Lipinski definition) is 7. The first-order chi connectivity index (χ1) is 13.0. The van der Waals surface area contributed by atoms with E-state index < -0.39 is 0 Å². The van der Waals surface area contributed by atoms with Crippen LogP contribution in [0.5, 0.6) is 0 Å². The van der Waals surface area contributed by atoms with E-state index in [0.29, 0.717) is 17.6 Å². The minimum Gasteiger partial charge on any atom is -0.323 e. The molecule has 0 saturated carbocycles. The Morgan fingerprint density at radius 2 is 1.85 bits per heavy atom. The normalized spacial score (nSPS) is 11.3. The lowest BCUT2D eigenvalue weighted by molar-refractivity contribution is 0.651. The van der Waals surface area contributed by atoms with Crippen molar-refractivity contribution in [3.63, 3.8) is 0 Å². The van der Waals surface area contributed by atoms with Crippen molar-refractivity contribution in [1.82, 2.24) is 35.2 Å². The quantitative estimate of drug-likeness (QED) is 0.596. The monoisotopic (exact) mass is 360 g/mol. The van der Waals surface area contributed by atoms with Gasteiger partial charge in [0.05, 0.1) is 22.9 Å². The zero-order valence-electron chi connectivity index (χ0n) is 15.7. The van der Waals surface area contributed by atoms with E-state index in [1.54, 1.807) is 24.2 Å². The first-order valence-corrected chi connectivity index (χ1v) is 8.74. The summed E-state index contributed by atoms with van der Waals surface area (Å²) >= 11 is 0. The SMILES string of the molecule is Cc1nn(C)nc1-c1cnc2ccc(Nc3cc(C(C)C)cnn3)nc2c1. The molecule has 0 aliphatic rings. The Morgan fingerprint density at radius 1 is 1.00 bits per heavy atom. The van der Waals surface area contributed by atoms with Crippen molar-refractivity contribution in [2.75, 3.05) is 5.32 Å². The fourth-order valence-electron chi connectivity index (χ4n) is 2.87. The largest absolute Gasteiger partial charge is 0.323 e. The third-order valence-electron chi connectivity index (χ3n) is 4.29. The molecule has 4 rings (SSSR count). The molecule has 0 spiro atoms. The lowest BCUT2D eigenvalue weighted by Gasteiger charge is -2.09. The van der Waals surface area contributed by atoms with Gasteiger partial charge in [0, 0.05) is 18.8 Å². The zero-order chi connectivity index (χ0) is 19.0. The van der Waals surface area contributed by atoms with Crippen molar-refractivity contribution in [2.45, 2.75) is 26.7 Å². The molecule has 0 atom stereocenters. The Kier molecular flexibility index (Phi) is 4.23. The van der Waals surface area contributed by atoms with Crippen LogP contribution in [0.25, 0.3) is 22.3 Å². The Balaban J connectivity index is 1.69. The van der Waals surface area contributed by atoms with E-state index in [1.807, 2.05) is 31.2 Å². The van der Waals surface area contributed by atoms with Crippen molar-refractivity contribution < 1.29 is 0 Å². The third kappa shape index (κ3) is 3.46. The molecule has 0 aliphatic heterocycles. The molecule has 4 heterocycles. The number of aryl methyl sites for hydroxylation is 2. The highest BCUT2D eigenvalue weighted by Gasteiger charge is 2.11. The second-order valence-corrected chi connectivity index (χ2v) is 6.74. The molecule has 0 fully saturated rings. The Bertz CT molecular complexity index is 1120. The van der Waals surface area contributed by atoms with Crippen LogP contribution in [-0.2, 0) is 7.05 Å². The molecule has 0 unspecified atom stereocenters. The maximum atomic E-state index is 4.67. The molecule has 0 amide bonds. The van der Waals surface area contributed by atoms with Crippen LogP contribution in [0.1, 0.15) is 31.0 Å². The van der Waals surface area contributed by atoms with E-state index in [-0.39, 0.29) is 0 Å². The second kappa shape index (κ2) is 6.71. The number of nitrogens with zero attached hydrogens (tertiary/aromatic N) is 7. The molecule has 0 aromatic carbocycles. The molecular formula is C19H20N8. The summed E-state index contributed by atoms with van der Waals surface area (Å²) in [4.78, 5) is 10.7. The second-order valence-electron chi connectivity index (χ2n) is 6.74. The van der Waals surface area contributed by atoms with Crippen LogP contribution in [0.3, 0.4) is 0 Å². The number of pyridine rings is 2. The van der Waals surface area contributed by atoms with Crippen LogP contribution in [0.15, 0.2) is 36.7 Å². The van der Waals surface area contributed by atoms with Gasteiger partial charge in [0.2, 0.25) is 0 Å². The van der Waals surface area contributed by atoms with E-state index in [1.165, 1.54) is 0 Å². The number of fused-ring (bicyclic) bond motifs is 1. The zero-order valence-corrected chi connectivity index (χ0v) is 15.7. The van der Waals surface area contributed by atoms with Gasteiger partial charge in [0.1, 0.15) is 11.5 Å². The van der Waals surface area contributed by atoms with E-state index in [9.17, 15) is 0 Å². The average molecular weight is 360 g/mol. The number of anilines is 2. The molecular weight excluding hydrogens is 340 g/mol. The highest BCUT2D eigenvalue weighted by Crippen LogP contribution is 2.24. The van der Waals surface area contributed by atoms with Crippen molar-refractivity contribution in [1.29, 1.82) is 0 Å². The predicted octanol–water partition coefficient (Wildman–Crippen LogP) is 3.39. The molecule has 0 radical (unpaired) electrons. The van der Waals surface area contributed by atoms with Crippen LogP contribution < -0.4 is 5.32 Å². The van der Waals surface area contributed by atoms with Gasteiger partial charge in [-0.05, 0) is 42.7 Å². The van der Waals surface area contributed by atoms with Gasteiger partial charge in [-0.2, -0.15) is 20.1 Å². The molecule has 8 heteroatoms. The first kappa shape index (κ1) is 17.0. The summed E-state index contributed by atoms with van der Waals surface area (Å²) in [6.45, 7) is 6.17. The van der Waals surface area contributed by atoms with Crippen LogP contribution >= 0.6 is 0 Å². The predicted molar refractivity (Wildman–Crippen MR) is 104 cm³/mol. The van der Waals surface area contributed by atoms with E-state index in [2.05, 4.69) is 49.5 Å². The summed E-state index contributed by atoms with van der Waals surface area (Å²) in [7, 11) is 1.80. The van der Waals surface area contributed by atoms with Crippen LogP contribution in [-0.4, -0.2) is 35.2 Å². The molecule has 27 heavy (non-hydrogen) atoms. The summed E-state index contributed by atoms with van der Waals surface area (Å²) in [5.74, 6) is 1.74. The number of rotatable bonds is 4. The maximum Gasteiger partial charge on any atom is 0.154 e. The highest BCUT2D eigenvalue weighted by atomic mass is 15.5. The number of hydrogen-bond donors (Lipinski definition) is 1. The van der Waals surface area contributed by atoms with Gasteiger partial charge in [-0.25, -0.2) is 4.98 Å². The van der Waals surface area contributed by atoms with Crippen LogP contribution in [0, 0.1) is 6.92 Å². The van der Waals surface area contributed by atoms with Gasteiger partial charge in [-0.3, -0.25) is 4.98 Å². The van der Waals surface area contributed by atoms with Gasteiger partial charge in [0.15, 0.2) is 5.82 Å². The van der Waals surface area contributed by atoms with Crippen LogP contribution in [0.2, 0.25) is 0 Å². The molecule has 0 saturated heterocycles. The fraction of sp³-hybridized carbons (Fsp3) is 0.263. The molecule has 8 nitrogen and oxygen atoms in total. The molecule has 136 valence electrons. The summed E-state index contributed by atoms with van der Waals surface area (Å²) in [6.07, 6.45) is 3.58. The van der Waals surface area contributed by atoms with Crippen LogP contribution in [0.4, 0.5) is 11.6 Å². The fourth-order valence-corrected chi connectivity index (χ4v) is 2.87. The van der Waals surface area contributed by atoms with Crippen molar-refractivity contribution >= 4 is 22.7 Å². The minimum atomic E-state index is 0.382. The number of nitrogens with one attached hydrogen (secondary N) is 1. The smallest absolute Gasteiger partial charge is 0.154 e. The van der Waals surface area contributed by atoms with Gasteiger partial charge in [-0.15, -0.1) is 5.10 Å². The molecule has 4 aromatic heterocycles. The van der Waals surface area contributed by atoms with Gasteiger partial charge in [-0.1, -0.05) is 13.8 Å². The molecule has 4 aromatic rings. The molecule has 0 bridgehead atoms. The maximum absolute atomic E-state index is 4.67. The van der Waals surface area contributed by atoms with Crippen molar-refractivity contribution in [3.8, 4) is 11.3 Å². The topological polar surface area (TPSA) is 94.3 Å². The minimum absolute atomic E-state index is 0.382. The molecule has 0 aliphatic carbocycles. The summed E-state index contributed by atoms with van der Waals surface area (Å²) in [6, 6.07) is 7.77.